The number of hydrogen-bond donors (Lipinski definition) is 0. The first kappa shape index (κ1) is 9.09. The SMILES string of the molecule is CC12CC=CC=C1C=C1SC[N+](=O)N=C12. The smallest absolute Gasteiger partial charge is 0.0833 e. The third kappa shape index (κ3) is 1.17. The molecule has 2 aliphatic carbocycles. The minimum atomic E-state index is -0.0693. The highest BCUT2D eigenvalue weighted by Crippen LogP contribution is 2.48. The molecule has 1 unspecified atom stereocenters. The van der Waals surface area contributed by atoms with Crippen LogP contribution < -0.4 is 0 Å². The van der Waals surface area contributed by atoms with Gasteiger partial charge in [-0.3, -0.25) is 0 Å². The molecule has 0 saturated heterocycles. The second kappa shape index (κ2) is 2.92. The van der Waals surface area contributed by atoms with Crippen LogP contribution in [0.3, 0.4) is 0 Å². The van der Waals surface area contributed by atoms with E-state index >= 15 is 0 Å². The van der Waals surface area contributed by atoms with Gasteiger partial charge < -0.3 is 0 Å². The summed E-state index contributed by atoms with van der Waals surface area (Å²) in [5, 5.41) is 4.13. The van der Waals surface area contributed by atoms with Gasteiger partial charge >= 0.3 is 0 Å². The van der Waals surface area contributed by atoms with Crippen molar-refractivity contribution in [1.29, 1.82) is 0 Å². The Kier molecular flexibility index (Phi) is 1.77. The molecule has 1 atom stereocenters. The summed E-state index contributed by atoms with van der Waals surface area (Å²) in [6.07, 6.45) is 9.43. The number of rotatable bonds is 0. The number of nitrogens with zero attached hydrogens (tertiary/aromatic N) is 2. The second-order valence-electron chi connectivity index (χ2n) is 4.17. The Balaban J connectivity index is 2.17. The lowest BCUT2D eigenvalue weighted by Gasteiger charge is -2.27. The van der Waals surface area contributed by atoms with Crippen LogP contribution >= 0.6 is 11.8 Å². The molecule has 3 aliphatic rings. The van der Waals surface area contributed by atoms with Crippen LogP contribution in [-0.2, 0) is 0 Å². The summed E-state index contributed by atoms with van der Waals surface area (Å²) in [4.78, 5) is 13.2. The number of fused-ring (bicyclic) bond motifs is 3. The molecule has 0 aromatic carbocycles. The van der Waals surface area contributed by atoms with E-state index in [1.807, 2.05) is 0 Å². The number of hydrogen-bond acceptors (Lipinski definition) is 2. The van der Waals surface area contributed by atoms with Gasteiger partial charge in [-0.25, -0.2) is 0 Å². The summed E-state index contributed by atoms with van der Waals surface area (Å²) in [6, 6.07) is 0. The summed E-state index contributed by atoms with van der Waals surface area (Å²) in [7, 11) is 0. The van der Waals surface area contributed by atoms with Crippen LogP contribution in [0.2, 0.25) is 0 Å². The first-order valence-electron chi connectivity index (χ1n) is 4.96. The molecule has 0 aromatic rings. The lowest BCUT2D eigenvalue weighted by atomic mass is 9.77. The number of nitroso groups, excluding NO2 is 1. The number of thioether (sulfide) groups is 1. The molecule has 15 heavy (non-hydrogen) atoms. The Bertz CT molecular complexity index is 473. The normalized spacial score (nSPS) is 32.9. The molecule has 0 fully saturated rings. The monoisotopic (exact) mass is 219 g/mol. The Morgan fingerprint density at radius 3 is 3.33 bits per heavy atom. The van der Waals surface area contributed by atoms with Gasteiger partial charge in [0.15, 0.2) is 4.87 Å². The average Bonchev–Trinajstić information content (AvgIpc) is 2.51. The molecule has 0 bridgehead atoms. The van der Waals surface area contributed by atoms with Gasteiger partial charge in [0.05, 0.1) is 4.91 Å². The van der Waals surface area contributed by atoms with Crippen LogP contribution in [0.4, 0.5) is 0 Å². The van der Waals surface area contributed by atoms with E-state index in [4.69, 9.17) is 0 Å². The van der Waals surface area contributed by atoms with Gasteiger partial charge in [-0.2, -0.15) is 0 Å². The van der Waals surface area contributed by atoms with Crippen LogP contribution in [0.5, 0.6) is 0 Å². The Labute approximate surface area is 92.2 Å². The van der Waals surface area contributed by atoms with Gasteiger partial charge in [-0.15, -0.1) is 0 Å². The van der Waals surface area contributed by atoms with Crippen molar-refractivity contribution in [3.05, 3.63) is 39.7 Å². The highest BCUT2D eigenvalue weighted by molar-refractivity contribution is 8.03. The maximum Gasteiger partial charge on any atom is 0.278 e. The largest absolute Gasteiger partial charge is 0.278 e. The van der Waals surface area contributed by atoms with Crippen LogP contribution in [0, 0.1) is 10.3 Å². The first-order valence-corrected chi connectivity index (χ1v) is 5.95. The van der Waals surface area contributed by atoms with Crippen molar-refractivity contribution >= 4 is 17.5 Å². The highest BCUT2D eigenvalue weighted by atomic mass is 32.2. The Hall–Kier alpha value is -1.16. The van der Waals surface area contributed by atoms with E-state index < -0.39 is 0 Å². The van der Waals surface area contributed by atoms with Crippen molar-refractivity contribution in [2.45, 2.75) is 13.3 Å². The number of allylic oxidation sites excluding steroid dienone is 6. The fourth-order valence-electron chi connectivity index (χ4n) is 2.23. The summed E-state index contributed by atoms with van der Waals surface area (Å²) in [5.41, 5.74) is 2.16. The van der Waals surface area contributed by atoms with E-state index in [1.165, 1.54) is 10.5 Å². The van der Waals surface area contributed by atoms with Gasteiger partial charge in [-0.05, 0) is 36.8 Å². The molecular weight excluding hydrogens is 208 g/mol. The van der Waals surface area contributed by atoms with Crippen LogP contribution in [0.25, 0.3) is 0 Å². The van der Waals surface area contributed by atoms with E-state index in [9.17, 15) is 4.91 Å². The maximum atomic E-state index is 11.3. The molecule has 1 heterocycles. The van der Waals surface area contributed by atoms with E-state index in [0.29, 0.717) is 5.88 Å². The van der Waals surface area contributed by atoms with Crippen LogP contribution in [0.1, 0.15) is 13.3 Å². The van der Waals surface area contributed by atoms with Gasteiger partial charge in [-0.1, -0.05) is 18.2 Å². The summed E-state index contributed by atoms with van der Waals surface area (Å²) in [6.45, 7) is 2.16. The first-order chi connectivity index (χ1) is 7.20. The molecule has 0 aromatic heterocycles. The minimum absolute atomic E-state index is 0.0693. The number of hydrazone groups is 1. The minimum Gasteiger partial charge on any atom is -0.0833 e. The molecule has 0 saturated carbocycles. The van der Waals surface area contributed by atoms with Crippen molar-refractivity contribution < 1.29 is 4.87 Å². The predicted molar refractivity (Wildman–Crippen MR) is 61.6 cm³/mol. The third-order valence-electron chi connectivity index (χ3n) is 3.16. The maximum absolute atomic E-state index is 11.3. The summed E-state index contributed by atoms with van der Waals surface area (Å²) in [5.74, 6) is 0.409. The van der Waals surface area contributed by atoms with Crippen molar-refractivity contribution in [3.63, 3.8) is 0 Å². The molecule has 4 heteroatoms. The quantitative estimate of drug-likeness (QED) is 0.587. The van der Waals surface area contributed by atoms with E-state index in [2.05, 4.69) is 36.3 Å². The fourth-order valence-corrected chi connectivity index (χ4v) is 3.15. The molecular formula is C11H11N2OS+. The highest BCUT2D eigenvalue weighted by Gasteiger charge is 2.45. The molecule has 0 spiro atoms. The van der Waals surface area contributed by atoms with E-state index in [-0.39, 0.29) is 5.41 Å². The van der Waals surface area contributed by atoms with Crippen molar-refractivity contribution in [2.75, 3.05) is 5.88 Å². The summed E-state index contributed by atoms with van der Waals surface area (Å²) < 4.78 is 0. The zero-order valence-electron chi connectivity index (χ0n) is 8.43. The van der Waals surface area contributed by atoms with Crippen LogP contribution in [0.15, 0.2) is 39.9 Å². The lowest BCUT2D eigenvalue weighted by Crippen LogP contribution is -2.29. The standard InChI is InChI=1S/C11H11N2OS/c1-11-5-3-2-4-8(11)6-9-10(11)12-13(14)7-15-9/h2-4,6H,5,7H2,1H3/q+1. The molecule has 76 valence electrons. The predicted octanol–water partition coefficient (Wildman–Crippen LogP) is 2.62. The molecule has 0 radical (unpaired) electrons. The zero-order chi connectivity index (χ0) is 10.5. The summed E-state index contributed by atoms with van der Waals surface area (Å²) >= 11 is 1.58. The molecule has 1 aliphatic heterocycles. The van der Waals surface area contributed by atoms with E-state index in [1.54, 1.807) is 11.8 Å². The fraction of sp³-hybridized carbons (Fsp3) is 0.364. The molecule has 3 nitrogen and oxygen atoms in total. The topological polar surface area (TPSA) is 32.4 Å². The van der Waals surface area contributed by atoms with Gasteiger partial charge in [0.2, 0.25) is 0 Å². The van der Waals surface area contributed by atoms with E-state index in [0.717, 1.165) is 17.0 Å². The Morgan fingerprint density at radius 1 is 1.60 bits per heavy atom. The van der Waals surface area contributed by atoms with Crippen molar-refractivity contribution in [3.8, 4) is 0 Å². The lowest BCUT2D eigenvalue weighted by molar-refractivity contribution is -0.535. The molecule has 0 N–H and O–H groups in total. The zero-order valence-corrected chi connectivity index (χ0v) is 9.25. The molecule has 0 amide bonds. The van der Waals surface area contributed by atoms with Crippen LogP contribution in [-0.4, -0.2) is 16.5 Å². The Morgan fingerprint density at radius 2 is 2.47 bits per heavy atom. The van der Waals surface area contributed by atoms with Gasteiger partial charge in [0.1, 0.15) is 5.71 Å². The molecule has 3 rings (SSSR count). The van der Waals surface area contributed by atoms with Crippen molar-refractivity contribution in [2.24, 2.45) is 10.5 Å². The third-order valence-corrected chi connectivity index (χ3v) is 4.13. The van der Waals surface area contributed by atoms with Gasteiger partial charge in [0.25, 0.3) is 5.88 Å². The van der Waals surface area contributed by atoms with Gasteiger partial charge in [0, 0.05) is 15.4 Å². The van der Waals surface area contributed by atoms with Crippen molar-refractivity contribution in [1.82, 2.24) is 0 Å². The second-order valence-corrected chi connectivity index (χ2v) is 5.16. The average molecular weight is 219 g/mol.